The van der Waals surface area contributed by atoms with E-state index in [1.807, 2.05) is 6.92 Å². The Morgan fingerprint density at radius 2 is 2.18 bits per heavy atom. The van der Waals surface area contributed by atoms with Gasteiger partial charge in [-0.3, -0.25) is 4.79 Å². The Labute approximate surface area is 98.9 Å². The molecular formula is C11H17F2NO3. The van der Waals surface area contributed by atoms with Gasteiger partial charge in [0.25, 0.3) is 5.91 Å². The third-order valence-electron chi connectivity index (χ3n) is 3.29. The van der Waals surface area contributed by atoms with Crippen molar-refractivity contribution in [2.45, 2.75) is 51.1 Å². The molecule has 2 heterocycles. The first kappa shape index (κ1) is 12.7. The van der Waals surface area contributed by atoms with Crippen molar-refractivity contribution in [3.8, 4) is 0 Å². The Bertz CT molecular complexity index is 282. The van der Waals surface area contributed by atoms with Gasteiger partial charge < -0.3 is 14.4 Å². The van der Waals surface area contributed by atoms with E-state index >= 15 is 0 Å². The lowest BCUT2D eigenvalue weighted by Crippen LogP contribution is -2.57. The number of halogens is 2. The molecule has 0 aliphatic carbocycles. The highest BCUT2D eigenvalue weighted by Gasteiger charge is 2.39. The molecule has 0 aromatic carbocycles. The number of hydrogen-bond donors (Lipinski definition) is 0. The summed E-state index contributed by atoms with van der Waals surface area (Å²) >= 11 is 0. The molecule has 0 bridgehead atoms. The van der Waals surface area contributed by atoms with E-state index in [9.17, 15) is 13.6 Å². The lowest BCUT2D eigenvalue weighted by atomic mass is 10.1. The average molecular weight is 249 g/mol. The smallest absolute Gasteiger partial charge is 0.345 e. The fraction of sp³-hybridized carbons (Fsp3) is 0.909. The van der Waals surface area contributed by atoms with Crippen LogP contribution in [0.2, 0.25) is 0 Å². The molecule has 0 N–H and O–H groups in total. The second kappa shape index (κ2) is 5.27. The summed E-state index contributed by atoms with van der Waals surface area (Å²) in [5.74, 6) is -0.0879. The number of ether oxygens (including phenoxy) is 2. The van der Waals surface area contributed by atoms with Crippen molar-refractivity contribution in [1.82, 2.24) is 4.90 Å². The lowest BCUT2D eigenvalue weighted by molar-refractivity contribution is -0.202. The highest BCUT2D eigenvalue weighted by Crippen LogP contribution is 2.25. The van der Waals surface area contributed by atoms with E-state index in [0.717, 1.165) is 19.3 Å². The van der Waals surface area contributed by atoms with Crippen LogP contribution in [0.15, 0.2) is 0 Å². The summed E-state index contributed by atoms with van der Waals surface area (Å²) in [5, 5.41) is 0. The predicted molar refractivity (Wildman–Crippen MR) is 55.6 cm³/mol. The van der Waals surface area contributed by atoms with Crippen LogP contribution in [0.25, 0.3) is 0 Å². The van der Waals surface area contributed by atoms with E-state index < -0.39 is 12.7 Å². The first-order valence-electron chi connectivity index (χ1n) is 5.98. The third-order valence-corrected chi connectivity index (χ3v) is 3.29. The molecule has 4 nitrogen and oxygen atoms in total. The van der Waals surface area contributed by atoms with Crippen molar-refractivity contribution in [2.24, 2.45) is 0 Å². The van der Waals surface area contributed by atoms with Gasteiger partial charge in [0.1, 0.15) is 6.10 Å². The molecule has 2 fully saturated rings. The predicted octanol–water partition coefficient (Wildman–Crippen LogP) is 1.39. The number of hydrogen-bond acceptors (Lipinski definition) is 3. The molecule has 0 spiro atoms. The number of alkyl halides is 2. The fourth-order valence-electron chi connectivity index (χ4n) is 2.24. The Kier molecular flexibility index (Phi) is 3.93. The third kappa shape index (κ3) is 2.93. The van der Waals surface area contributed by atoms with Crippen molar-refractivity contribution in [3.63, 3.8) is 0 Å². The van der Waals surface area contributed by atoms with Crippen molar-refractivity contribution < 1.29 is 23.0 Å². The zero-order chi connectivity index (χ0) is 12.4. The Morgan fingerprint density at radius 3 is 2.71 bits per heavy atom. The highest BCUT2D eigenvalue weighted by molar-refractivity contribution is 5.82. The monoisotopic (exact) mass is 249 g/mol. The first-order valence-corrected chi connectivity index (χ1v) is 5.98. The molecule has 98 valence electrons. The van der Waals surface area contributed by atoms with Gasteiger partial charge in [0.05, 0.1) is 12.2 Å². The molecular weight excluding hydrogens is 232 g/mol. The van der Waals surface area contributed by atoms with Crippen LogP contribution in [0.5, 0.6) is 0 Å². The molecule has 2 atom stereocenters. The number of carbonyl (C=O) groups is 1. The van der Waals surface area contributed by atoms with Crippen molar-refractivity contribution in [3.05, 3.63) is 0 Å². The molecule has 1 amide bonds. The van der Waals surface area contributed by atoms with Crippen LogP contribution in [-0.4, -0.2) is 48.8 Å². The van der Waals surface area contributed by atoms with Crippen LogP contribution in [0, 0.1) is 0 Å². The molecule has 2 rings (SSSR count). The normalized spacial score (nSPS) is 29.8. The van der Waals surface area contributed by atoms with E-state index in [1.165, 1.54) is 4.90 Å². The summed E-state index contributed by atoms with van der Waals surface area (Å²) in [7, 11) is 0. The molecule has 0 saturated carbocycles. The van der Waals surface area contributed by atoms with Crippen LogP contribution < -0.4 is 0 Å². The van der Waals surface area contributed by atoms with Crippen molar-refractivity contribution in [1.29, 1.82) is 0 Å². The average Bonchev–Trinajstić information content (AvgIpc) is 2.70. The number of nitrogens with zero attached hydrogens (tertiary/aromatic N) is 1. The van der Waals surface area contributed by atoms with E-state index in [1.54, 1.807) is 0 Å². The van der Waals surface area contributed by atoms with Crippen LogP contribution in [-0.2, 0) is 14.3 Å². The minimum Gasteiger partial charge on any atom is -0.365 e. The summed E-state index contributed by atoms with van der Waals surface area (Å²) in [5.41, 5.74) is 0. The summed E-state index contributed by atoms with van der Waals surface area (Å²) in [6.07, 6.45) is 1.79. The molecule has 2 aliphatic rings. The van der Waals surface area contributed by atoms with Gasteiger partial charge in [0, 0.05) is 13.1 Å². The van der Waals surface area contributed by atoms with Gasteiger partial charge in [-0.25, -0.2) is 0 Å². The van der Waals surface area contributed by atoms with Crippen LogP contribution >= 0.6 is 0 Å². The highest BCUT2D eigenvalue weighted by atomic mass is 19.3. The topological polar surface area (TPSA) is 38.8 Å². The van der Waals surface area contributed by atoms with E-state index in [2.05, 4.69) is 4.74 Å². The maximum absolute atomic E-state index is 11.9. The molecule has 0 aromatic rings. The molecule has 6 heteroatoms. The van der Waals surface area contributed by atoms with Gasteiger partial charge >= 0.3 is 6.61 Å². The van der Waals surface area contributed by atoms with Crippen molar-refractivity contribution in [2.75, 3.05) is 13.1 Å². The summed E-state index contributed by atoms with van der Waals surface area (Å²) in [6, 6.07) is 0. The Morgan fingerprint density at radius 1 is 1.47 bits per heavy atom. The van der Waals surface area contributed by atoms with Gasteiger partial charge in [-0.2, -0.15) is 8.78 Å². The minimum atomic E-state index is -2.76. The van der Waals surface area contributed by atoms with Crippen LogP contribution in [0.4, 0.5) is 8.78 Å². The first-order chi connectivity index (χ1) is 8.10. The van der Waals surface area contributed by atoms with Crippen LogP contribution in [0.1, 0.15) is 26.2 Å². The number of carbonyl (C=O) groups excluding carboxylic acids is 1. The van der Waals surface area contributed by atoms with Gasteiger partial charge in [0.15, 0.2) is 0 Å². The zero-order valence-electron chi connectivity index (χ0n) is 9.77. The van der Waals surface area contributed by atoms with Gasteiger partial charge in [-0.1, -0.05) is 6.92 Å². The number of rotatable bonds is 4. The van der Waals surface area contributed by atoms with Gasteiger partial charge in [-0.05, 0) is 19.3 Å². The minimum absolute atomic E-state index is 0.0879. The van der Waals surface area contributed by atoms with Gasteiger partial charge in [0.2, 0.25) is 0 Å². The van der Waals surface area contributed by atoms with E-state index in [0.29, 0.717) is 0 Å². The molecule has 0 aromatic heterocycles. The second-order valence-electron chi connectivity index (χ2n) is 4.49. The molecule has 2 aliphatic heterocycles. The standard InChI is InChI=1S/C11H17F2NO3/c1-2-7-3-4-9(16-7)10(15)14-5-8(6-14)17-11(12)13/h7-9,11H,2-6H2,1H3. The van der Waals surface area contributed by atoms with Gasteiger partial charge in [-0.15, -0.1) is 0 Å². The summed E-state index contributed by atoms with van der Waals surface area (Å²) in [6.45, 7) is -0.239. The molecule has 2 unspecified atom stereocenters. The molecule has 2 saturated heterocycles. The molecule has 0 radical (unpaired) electrons. The van der Waals surface area contributed by atoms with Crippen LogP contribution in [0.3, 0.4) is 0 Å². The quantitative estimate of drug-likeness (QED) is 0.756. The zero-order valence-corrected chi connectivity index (χ0v) is 9.77. The molecule has 17 heavy (non-hydrogen) atoms. The Hall–Kier alpha value is -0.750. The summed E-state index contributed by atoms with van der Waals surface area (Å²) in [4.78, 5) is 13.4. The van der Waals surface area contributed by atoms with E-state index in [-0.39, 0.29) is 31.2 Å². The fourth-order valence-corrected chi connectivity index (χ4v) is 2.24. The Balaban J connectivity index is 1.72. The maximum Gasteiger partial charge on any atom is 0.345 e. The maximum atomic E-state index is 11.9. The number of amides is 1. The lowest BCUT2D eigenvalue weighted by Gasteiger charge is -2.39. The van der Waals surface area contributed by atoms with E-state index in [4.69, 9.17) is 4.74 Å². The summed E-state index contributed by atoms with van der Waals surface area (Å²) < 4.78 is 33.6. The number of likely N-dealkylation sites (tertiary alicyclic amines) is 1. The van der Waals surface area contributed by atoms with Crippen molar-refractivity contribution >= 4 is 5.91 Å². The second-order valence-corrected chi connectivity index (χ2v) is 4.49. The SMILES string of the molecule is CCC1CCC(C(=O)N2CC(OC(F)F)C2)O1. The largest absolute Gasteiger partial charge is 0.365 e.